The Labute approximate surface area is 116 Å². The Bertz CT molecular complexity index is 420. The quantitative estimate of drug-likeness (QED) is 0.778. The number of sulfone groups is 1. The largest absolute Gasteiger partial charge is 0.342 e. The minimum absolute atomic E-state index is 0.00747. The summed E-state index contributed by atoms with van der Waals surface area (Å²) in [7, 11) is -3.11. The summed E-state index contributed by atoms with van der Waals surface area (Å²) in [5, 5.41) is 0. The van der Waals surface area contributed by atoms with Gasteiger partial charge in [-0.25, -0.2) is 8.42 Å². The van der Waals surface area contributed by atoms with E-state index in [1.54, 1.807) is 4.90 Å². The van der Waals surface area contributed by atoms with Crippen LogP contribution in [0.1, 0.15) is 33.6 Å². The van der Waals surface area contributed by atoms with Crippen molar-refractivity contribution >= 4 is 15.7 Å². The molecule has 1 aliphatic heterocycles. The van der Waals surface area contributed by atoms with Gasteiger partial charge in [-0.05, 0) is 24.3 Å². The van der Waals surface area contributed by atoms with Gasteiger partial charge in [-0.2, -0.15) is 0 Å². The van der Waals surface area contributed by atoms with Gasteiger partial charge in [0.1, 0.15) is 0 Å². The molecule has 0 spiro atoms. The number of carbonyl (C=O) groups excluding carboxylic acids is 1. The minimum atomic E-state index is -3.11. The van der Waals surface area contributed by atoms with E-state index in [1.165, 1.54) is 0 Å². The van der Waals surface area contributed by atoms with Crippen molar-refractivity contribution in [2.24, 2.45) is 17.1 Å². The van der Waals surface area contributed by atoms with Crippen LogP contribution in [0.25, 0.3) is 0 Å². The van der Waals surface area contributed by atoms with E-state index >= 15 is 0 Å². The van der Waals surface area contributed by atoms with Crippen molar-refractivity contribution in [2.75, 3.05) is 31.1 Å². The number of hydrogen-bond donors (Lipinski definition) is 1. The number of rotatable bonds is 6. The van der Waals surface area contributed by atoms with Gasteiger partial charge in [0.05, 0.1) is 11.5 Å². The van der Waals surface area contributed by atoms with Gasteiger partial charge in [-0.1, -0.05) is 20.8 Å². The van der Waals surface area contributed by atoms with Crippen LogP contribution in [0.4, 0.5) is 0 Å². The van der Waals surface area contributed by atoms with Crippen LogP contribution in [-0.4, -0.2) is 50.4 Å². The second-order valence-electron chi connectivity index (χ2n) is 6.34. The molecule has 1 aliphatic rings. The lowest BCUT2D eigenvalue weighted by molar-refractivity contribution is -0.130. The second kappa shape index (κ2) is 6.22. The van der Waals surface area contributed by atoms with E-state index in [9.17, 15) is 13.2 Å². The van der Waals surface area contributed by atoms with Crippen LogP contribution in [-0.2, 0) is 14.6 Å². The number of hydrogen-bond acceptors (Lipinski definition) is 4. The summed E-state index contributed by atoms with van der Waals surface area (Å²) in [6, 6.07) is 0. The van der Waals surface area contributed by atoms with E-state index in [0.29, 0.717) is 19.6 Å². The molecule has 0 aromatic carbocycles. The van der Waals surface area contributed by atoms with Crippen LogP contribution in [0.3, 0.4) is 0 Å². The molecule has 2 N–H and O–H groups in total. The molecule has 112 valence electrons. The summed E-state index contributed by atoms with van der Waals surface area (Å²) in [5.41, 5.74) is 5.69. The molecule has 0 bridgehead atoms. The van der Waals surface area contributed by atoms with Gasteiger partial charge in [0.25, 0.3) is 0 Å². The molecule has 1 rings (SSSR count). The summed E-state index contributed by atoms with van der Waals surface area (Å²) in [6.45, 7) is 7.70. The topological polar surface area (TPSA) is 80.5 Å². The third-order valence-corrected chi connectivity index (χ3v) is 5.62. The molecule has 0 aromatic heterocycles. The first-order chi connectivity index (χ1) is 8.67. The molecule has 1 amide bonds. The summed E-state index contributed by atoms with van der Waals surface area (Å²) in [6.07, 6.45) is 0.990. The molecule has 1 heterocycles. The zero-order valence-electron chi connectivity index (χ0n) is 12.2. The van der Waals surface area contributed by atoms with Gasteiger partial charge in [-0.3, -0.25) is 4.79 Å². The van der Waals surface area contributed by atoms with Crippen molar-refractivity contribution in [3.63, 3.8) is 0 Å². The van der Waals surface area contributed by atoms with Crippen LogP contribution < -0.4 is 5.73 Å². The van der Waals surface area contributed by atoms with Crippen LogP contribution in [0.2, 0.25) is 0 Å². The highest BCUT2D eigenvalue weighted by Gasteiger charge is 2.34. The van der Waals surface area contributed by atoms with E-state index in [-0.39, 0.29) is 35.2 Å². The number of likely N-dealkylation sites (tertiary alicyclic amines) is 1. The molecule has 19 heavy (non-hydrogen) atoms. The summed E-state index contributed by atoms with van der Waals surface area (Å²) < 4.78 is 23.5. The fraction of sp³-hybridized carbons (Fsp3) is 0.923. The fourth-order valence-electron chi connectivity index (χ4n) is 2.40. The van der Waals surface area contributed by atoms with Crippen molar-refractivity contribution in [3.05, 3.63) is 0 Å². The zero-order chi connectivity index (χ0) is 14.7. The highest BCUT2D eigenvalue weighted by molar-refractivity contribution is 7.91. The van der Waals surface area contributed by atoms with Crippen molar-refractivity contribution in [2.45, 2.75) is 33.6 Å². The molecule has 0 aromatic rings. The van der Waals surface area contributed by atoms with Crippen molar-refractivity contribution in [1.29, 1.82) is 0 Å². The Morgan fingerprint density at radius 3 is 2.53 bits per heavy atom. The average molecular weight is 290 g/mol. The molecule has 1 atom stereocenters. The predicted octanol–water partition coefficient (Wildman–Crippen LogP) is 0.645. The number of nitrogens with two attached hydrogens (primary N) is 1. The summed E-state index contributed by atoms with van der Waals surface area (Å²) in [4.78, 5) is 13.7. The van der Waals surface area contributed by atoms with Gasteiger partial charge in [0, 0.05) is 19.5 Å². The fourth-order valence-corrected chi connectivity index (χ4v) is 4.06. The number of carbonyl (C=O) groups is 1. The molecule has 1 unspecified atom stereocenters. The van der Waals surface area contributed by atoms with Gasteiger partial charge in [0.15, 0.2) is 9.84 Å². The molecule has 0 radical (unpaired) electrons. The van der Waals surface area contributed by atoms with Crippen molar-refractivity contribution < 1.29 is 13.2 Å². The summed E-state index contributed by atoms with van der Waals surface area (Å²) in [5.74, 6) is 0.151. The third-order valence-electron chi connectivity index (χ3n) is 3.62. The van der Waals surface area contributed by atoms with Crippen LogP contribution in [0.15, 0.2) is 0 Å². The first-order valence-electron chi connectivity index (χ1n) is 6.86. The lowest BCUT2D eigenvalue weighted by Gasteiger charge is -2.22. The highest BCUT2D eigenvalue weighted by Crippen LogP contribution is 2.28. The maximum Gasteiger partial charge on any atom is 0.223 e. The second-order valence-corrected chi connectivity index (χ2v) is 8.57. The highest BCUT2D eigenvalue weighted by atomic mass is 32.2. The minimum Gasteiger partial charge on any atom is -0.342 e. The van der Waals surface area contributed by atoms with E-state index in [1.807, 2.05) is 13.8 Å². The molecule has 0 aliphatic carbocycles. The normalized spacial score (nSPS) is 24.2. The number of nitrogens with zero attached hydrogens (tertiary/aromatic N) is 1. The Kier molecular flexibility index (Phi) is 5.38. The molecule has 1 fully saturated rings. The predicted molar refractivity (Wildman–Crippen MR) is 76.5 cm³/mol. The van der Waals surface area contributed by atoms with Gasteiger partial charge in [0.2, 0.25) is 5.91 Å². The maximum atomic E-state index is 12.0. The molecule has 5 nitrogen and oxygen atoms in total. The first-order valence-corrected chi connectivity index (χ1v) is 8.68. The van der Waals surface area contributed by atoms with E-state index in [0.717, 1.165) is 6.42 Å². The van der Waals surface area contributed by atoms with E-state index < -0.39 is 9.84 Å². The first kappa shape index (κ1) is 16.4. The average Bonchev–Trinajstić information content (AvgIpc) is 2.68. The molecular formula is C13H26N2O3S. The van der Waals surface area contributed by atoms with Crippen LogP contribution >= 0.6 is 0 Å². The Hall–Kier alpha value is -0.620. The van der Waals surface area contributed by atoms with E-state index in [2.05, 4.69) is 6.92 Å². The maximum absolute atomic E-state index is 12.0. The smallest absolute Gasteiger partial charge is 0.223 e. The monoisotopic (exact) mass is 290 g/mol. The van der Waals surface area contributed by atoms with Crippen LogP contribution in [0.5, 0.6) is 0 Å². The third kappa shape index (κ3) is 5.10. The molecule has 6 heteroatoms. The molecular weight excluding hydrogens is 264 g/mol. The Morgan fingerprint density at radius 2 is 2.05 bits per heavy atom. The molecule has 1 saturated heterocycles. The van der Waals surface area contributed by atoms with Gasteiger partial charge >= 0.3 is 0 Å². The lowest BCUT2D eigenvalue weighted by atomic mass is 9.90. The summed E-state index contributed by atoms with van der Waals surface area (Å²) >= 11 is 0. The standard InChI is InChI=1S/C13H26N2O3S/c1-11(2)8-19(17,18)7-4-12(16)15-6-5-13(3,9-14)10-15/h11H,4-10,14H2,1-3H3. The van der Waals surface area contributed by atoms with Gasteiger partial charge in [-0.15, -0.1) is 0 Å². The Morgan fingerprint density at radius 1 is 1.42 bits per heavy atom. The number of amides is 1. The zero-order valence-corrected chi connectivity index (χ0v) is 13.0. The SMILES string of the molecule is CC(C)CS(=O)(=O)CCC(=O)N1CCC(C)(CN)C1. The van der Waals surface area contributed by atoms with Gasteiger partial charge < -0.3 is 10.6 Å². The van der Waals surface area contributed by atoms with Crippen molar-refractivity contribution in [1.82, 2.24) is 4.90 Å². The van der Waals surface area contributed by atoms with Crippen molar-refractivity contribution in [3.8, 4) is 0 Å². The molecule has 0 saturated carbocycles. The lowest BCUT2D eigenvalue weighted by Crippen LogP contribution is -2.35. The Balaban J connectivity index is 2.45. The van der Waals surface area contributed by atoms with Crippen LogP contribution in [0, 0.1) is 11.3 Å². The van der Waals surface area contributed by atoms with E-state index in [4.69, 9.17) is 5.73 Å².